The maximum atomic E-state index is 11.8. The fourth-order valence-electron chi connectivity index (χ4n) is 2.72. The Morgan fingerprint density at radius 1 is 1.25 bits per heavy atom. The van der Waals surface area contributed by atoms with Gasteiger partial charge in [0.05, 0.1) is 12.2 Å². The van der Waals surface area contributed by atoms with Gasteiger partial charge in [-0.2, -0.15) is 0 Å². The first-order valence-corrected chi connectivity index (χ1v) is 7.63. The van der Waals surface area contributed by atoms with Crippen LogP contribution in [0.3, 0.4) is 0 Å². The van der Waals surface area contributed by atoms with Crippen molar-refractivity contribution in [1.82, 2.24) is 0 Å². The number of anilines is 2. The van der Waals surface area contributed by atoms with E-state index in [0.29, 0.717) is 24.5 Å². The Morgan fingerprint density at radius 3 is 2.67 bits per heavy atom. The largest absolute Gasteiger partial charge is 0.479 e. The number of ether oxygens (including phenoxy) is 1. The molecule has 0 saturated carbocycles. The van der Waals surface area contributed by atoms with Crippen molar-refractivity contribution in [2.24, 2.45) is 0 Å². The minimum absolute atomic E-state index is 0.0357. The van der Waals surface area contributed by atoms with Crippen LogP contribution < -0.4 is 15.0 Å². The van der Waals surface area contributed by atoms with Crippen LogP contribution in [0.1, 0.15) is 12.5 Å². The van der Waals surface area contributed by atoms with Crippen molar-refractivity contribution in [1.29, 1.82) is 0 Å². The lowest BCUT2D eigenvalue weighted by atomic mass is 10.1. The molecule has 0 saturated heterocycles. The summed E-state index contributed by atoms with van der Waals surface area (Å²) in [5.41, 5.74) is 2.33. The number of carbonyl (C=O) groups excluding carboxylic acids is 1. The summed E-state index contributed by atoms with van der Waals surface area (Å²) in [5.74, 6) is 0.541. The van der Waals surface area contributed by atoms with Crippen molar-refractivity contribution in [2.45, 2.75) is 19.6 Å². The minimum atomic E-state index is -1.12. The van der Waals surface area contributed by atoms with Gasteiger partial charge in [0.25, 0.3) is 0 Å². The lowest BCUT2D eigenvalue weighted by Crippen LogP contribution is -2.43. The zero-order chi connectivity index (χ0) is 17.1. The second-order valence-corrected chi connectivity index (χ2v) is 5.70. The van der Waals surface area contributed by atoms with Crippen molar-refractivity contribution < 1.29 is 19.4 Å². The second kappa shape index (κ2) is 6.62. The molecule has 2 N–H and O–H groups in total. The average molecular weight is 326 g/mol. The van der Waals surface area contributed by atoms with Gasteiger partial charge in [-0.15, -0.1) is 0 Å². The third-order valence-electron chi connectivity index (χ3n) is 3.88. The molecule has 1 aliphatic rings. The molecule has 24 heavy (non-hydrogen) atoms. The molecule has 1 unspecified atom stereocenters. The van der Waals surface area contributed by atoms with E-state index < -0.39 is 12.2 Å². The van der Waals surface area contributed by atoms with Gasteiger partial charge < -0.3 is 14.7 Å². The van der Waals surface area contributed by atoms with Gasteiger partial charge in [0.2, 0.25) is 0 Å². The molecule has 6 nitrogen and oxygen atoms in total. The van der Waals surface area contributed by atoms with Crippen LogP contribution in [-0.4, -0.2) is 29.6 Å². The molecule has 3 rings (SSSR count). The molecule has 0 spiro atoms. The third-order valence-corrected chi connectivity index (χ3v) is 3.88. The Kier molecular flexibility index (Phi) is 4.37. The Morgan fingerprint density at radius 2 is 2.00 bits per heavy atom. The zero-order valence-electron chi connectivity index (χ0n) is 13.2. The van der Waals surface area contributed by atoms with Gasteiger partial charge in [-0.1, -0.05) is 30.3 Å². The Labute approximate surface area is 139 Å². The number of hydrogen-bond acceptors (Lipinski definition) is 4. The minimum Gasteiger partial charge on any atom is -0.479 e. The molecule has 1 aliphatic heterocycles. The van der Waals surface area contributed by atoms with Crippen molar-refractivity contribution >= 4 is 23.3 Å². The Bertz CT molecular complexity index is 761. The molecular weight excluding hydrogens is 308 g/mol. The fraction of sp³-hybridized carbons (Fsp3) is 0.222. The molecule has 1 heterocycles. The first kappa shape index (κ1) is 15.9. The SMILES string of the molecule is CC(=O)C1CN(Cc2ccccc2)c2cc(NC(=O)O)ccc2O1. The summed E-state index contributed by atoms with van der Waals surface area (Å²) in [4.78, 5) is 24.7. The molecule has 1 amide bonds. The molecular formula is C18H18N2O4. The average Bonchev–Trinajstić information content (AvgIpc) is 2.55. The number of benzene rings is 2. The Hall–Kier alpha value is -3.02. The topological polar surface area (TPSA) is 78.9 Å². The van der Waals surface area contributed by atoms with Crippen molar-refractivity contribution in [3.63, 3.8) is 0 Å². The number of carbonyl (C=O) groups is 2. The van der Waals surface area contributed by atoms with Crippen LogP contribution in [0.5, 0.6) is 5.75 Å². The summed E-state index contributed by atoms with van der Waals surface area (Å²) in [6.45, 7) is 2.54. The third kappa shape index (κ3) is 3.48. The molecule has 1 atom stereocenters. The Balaban J connectivity index is 1.94. The molecule has 0 aromatic heterocycles. The van der Waals surface area contributed by atoms with E-state index in [1.165, 1.54) is 6.92 Å². The van der Waals surface area contributed by atoms with E-state index in [0.717, 1.165) is 11.3 Å². The van der Waals surface area contributed by atoms with Crippen LogP contribution in [0.4, 0.5) is 16.2 Å². The summed E-state index contributed by atoms with van der Waals surface area (Å²) in [7, 11) is 0. The molecule has 0 fully saturated rings. The van der Waals surface area contributed by atoms with E-state index in [1.54, 1.807) is 18.2 Å². The van der Waals surface area contributed by atoms with Crippen molar-refractivity contribution in [3.8, 4) is 5.75 Å². The van der Waals surface area contributed by atoms with Gasteiger partial charge in [-0.25, -0.2) is 4.79 Å². The summed E-state index contributed by atoms with van der Waals surface area (Å²) < 4.78 is 5.75. The van der Waals surface area contributed by atoms with Crippen LogP contribution >= 0.6 is 0 Å². The number of nitrogens with zero attached hydrogens (tertiary/aromatic N) is 1. The number of hydrogen-bond donors (Lipinski definition) is 2. The van der Waals surface area contributed by atoms with Crippen LogP contribution in [0, 0.1) is 0 Å². The van der Waals surface area contributed by atoms with Gasteiger partial charge in [0, 0.05) is 12.2 Å². The van der Waals surface area contributed by atoms with Crippen LogP contribution in [-0.2, 0) is 11.3 Å². The highest BCUT2D eigenvalue weighted by molar-refractivity contribution is 5.86. The maximum Gasteiger partial charge on any atom is 0.409 e. The first-order chi connectivity index (χ1) is 11.5. The number of fused-ring (bicyclic) bond motifs is 1. The number of amides is 1. The number of nitrogens with one attached hydrogen (secondary N) is 1. The highest BCUT2D eigenvalue weighted by Crippen LogP contribution is 2.36. The van der Waals surface area contributed by atoms with E-state index >= 15 is 0 Å². The van der Waals surface area contributed by atoms with Crippen LogP contribution in [0.2, 0.25) is 0 Å². The number of ketones is 1. The lowest BCUT2D eigenvalue weighted by molar-refractivity contribution is -0.123. The highest BCUT2D eigenvalue weighted by atomic mass is 16.5. The van der Waals surface area contributed by atoms with Gasteiger partial charge in [0.15, 0.2) is 11.9 Å². The quantitative estimate of drug-likeness (QED) is 0.902. The summed E-state index contributed by atoms with van der Waals surface area (Å²) in [5, 5.41) is 11.2. The normalized spacial score (nSPS) is 16.0. The van der Waals surface area contributed by atoms with Gasteiger partial charge in [-0.3, -0.25) is 10.1 Å². The van der Waals surface area contributed by atoms with Gasteiger partial charge in [-0.05, 0) is 30.7 Å². The zero-order valence-corrected chi connectivity index (χ0v) is 13.2. The van der Waals surface area contributed by atoms with E-state index in [1.807, 2.05) is 35.2 Å². The number of carboxylic acid groups (broad SMARTS) is 1. The molecule has 2 aromatic carbocycles. The first-order valence-electron chi connectivity index (χ1n) is 7.63. The van der Waals surface area contributed by atoms with Gasteiger partial charge in [0.1, 0.15) is 5.75 Å². The van der Waals surface area contributed by atoms with E-state index in [4.69, 9.17) is 9.84 Å². The predicted octanol–water partition coefficient (Wildman–Crippen LogP) is 3.13. The number of rotatable bonds is 4. The number of Topliss-reactive ketones (excluding diaryl/α,β-unsaturated/α-hetero) is 1. The monoisotopic (exact) mass is 326 g/mol. The summed E-state index contributed by atoms with van der Waals surface area (Å²) >= 11 is 0. The van der Waals surface area contributed by atoms with E-state index in [-0.39, 0.29) is 5.78 Å². The molecule has 6 heteroatoms. The van der Waals surface area contributed by atoms with Crippen LogP contribution in [0.25, 0.3) is 0 Å². The molecule has 124 valence electrons. The van der Waals surface area contributed by atoms with Crippen LogP contribution in [0.15, 0.2) is 48.5 Å². The van der Waals surface area contributed by atoms with E-state index in [2.05, 4.69) is 5.32 Å². The van der Waals surface area contributed by atoms with Crippen molar-refractivity contribution in [3.05, 3.63) is 54.1 Å². The lowest BCUT2D eigenvalue weighted by Gasteiger charge is -2.35. The second-order valence-electron chi connectivity index (χ2n) is 5.70. The smallest absolute Gasteiger partial charge is 0.409 e. The van der Waals surface area contributed by atoms with Gasteiger partial charge >= 0.3 is 6.09 Å². The molecule has 2 aromatic rings. The maximum absolute atomic E-state index is 11.8. The molecule has 0 bridgehead atoms. The predicted molar refractivity (Wildman–Crippen MR) is 90.7 cm³/mol. The van der Waals surface area contributed by atoms with E-state index in [9.17, 15) is 9.59 Å². The van der Waals surface area contributed by atoms with Crippen molar-refractivity contribution in [2.75, 3.05) is 16.8 Å². The molecule has 0 aliphatic carbocycles. The molecule has 0 radical (unpaired) electrons. The highest BCUT2D eigenvalue weighted by Gasteiger charge is 2.29. The fourth-order valence-corrected chi connectivity index (χ4v) is 2.72. The summed E-state index contributed by atoms with van der Waals surface area (Å²) in [6.07, 6.45) is -1.65. The standard InChI is InChI=1S/C18H18N2O4/c1-12(21)17-11-20(10-13-5-3-2-4-6-13)15-9-14(19-18(22)23)7-8-16(15)24-17/h2-9,17,19H,10-11H2,1H3,(H,22,23). The summed E-state index contributed by atoms with van der Waals surface area (Å²) in [6, 6.07) is 14.9.